The fourth-order valence-electron chi connectivity index (χ4n) is 4.36. The highest BCUT2D eigenvalue weighted by Crippen LogP contribution is 2.28. The highest BCUT2D eigenvalue weighted by molar-refractivity contribution is 6.06. The maximum absolute atomic E-state index is 13.6. The van der Waals surface area contributed by atoms with E-state index < -0.39 is 0 Å². The number of nitrogens with zero attached hydrogens (tertiary/aromatic N) is 5. The molecule has 0 radical (unpaired) electrons. The van der Waals surface area contributed by atoms with E-state index in [1.807, 2.05) is 78.9 Å². The van der Waals surface area contributed by atoms with Crippen molar-refractivity contribution in [2.45, 2.75) is 6.42 Å². The summed E-state index contributed by atoms with van der Waals surface area (Å²) in [6, 6.07) is 27.6. The monoisotopic (exact) mass is 459 g/mol. The Balaban J connectivity index is 1.49. The first-order valence-corrected chi connectivity index (χ1v) is 11.2. The fourth-order valence-corrected chi connectivity index (χ4v) is 4.36. The maximum atomic E-state index is 13.6. The zero-order valence-electron chi connectivity index (χ0n) is 19.0. The fraction of sp³-hybridized carbons (Fsp3) is 0.0714. The summed E-state index contributed by atoms with van der Waals surface area (Å²) in [5.41, 5.74) is 3.51. The molecule has 6 rings (SSSR count). The highest BCUT2D eigenvalue weighted by atomic mass is 16.5. The van der Waals surface area contributed by atoms with Crippen molar-refractivity contribution in [3.8, 4) is 17.4 Å². The average molecular weight is 460 g/mol. The lowest BCUT2D eigenvalue weighted by Crippen LogP contribution is -2.20. The molecule has 0 aliphatic rings. The maximum Gasteiger partial charge on any atom is 0.268 e. The molecule has 0 bridgehead atoms. The van der Waals surface area contributed by atoms with E-state index in [0.717, 1.165) is 33.3 Å². The quantitative estimate of drug-likeness (QED) is 0.349. The van der Waals surface area contributed by atoms with E-state index >= 15 is 0 Å². The van der Waals surface area contributed by atoms with Crippen LogP contribution in [-0.4, -0.2) is 31.4 Å². The molecule has 0 fully saturated rings. The molecular weight excluding hydrogens is 438 g/mol. The summed E-state index contributed by atoms with van der Waals surface area (Å²) in [7, 11) is 1.65. The smallest absolute Gasteiger partial charge is 0.268 e. The lowest BCUT2D eigenvalue weighted by Gasteiger charge is -2.11. The molecule has 2 aromatic heterocycles. The van der Waals surface area contributed by atoms with Crippen molar-refractivity contribution in [2.75, 3.05) is 7.11 Å². The Kier molecular flexibility index (Phi) is 5.07. The molecule has 0 unspecified atom stereocenters. The number of aromatic nitrogens is 5. The normalized spacial score (nSPS) is 11.2. The third kappa shape index (κ3) is 3.73. The van der Waals surface area contributed by atoms with Crippen LogP contribution in [0.1, 0.15) is 11.1 Å². The number of hydrogen-bond acceptors (Lipinski definition) is 5. The van der Waals surface area contributed by atoms with E-state index in [1.165, 1.54) is 10.9 Å². The van der Waals surface area contributed by atoms with E-state index in [0.29, 0.717) is 17.3 Å². The van der Waals surface area contributed by atoms with Gasteiger partial charge >= 0.3 is 0 Å². The van der Waals surface area contributed by atoms with Crippen LogP contribution in [0.25, 0.3) is 33.3 Å². The van der Waals surface area contributed by atoms with E-state index in [4.69, 9.17) is 4.74 Å². The average Bonchev–Trinajstić information content (AvgIpc) is 3.40. The van der Waals surface area contributed by atoms with Crippen LogP contribution in [0.2, 0.25) is 0 Å². The number of rotatable bonds is 5. The van der Waals surface area contributed by atoms with Gasteiger partial charge in [-0.25, -0.2) is 14.2 Å². The van der Waals surface area contributed by atoms with Crippen LogP contribution < -0.4 is 10.3 Å². The van der Waals surface area contributed by atoms with Gasteiger partial charge in [-0.3, -0.25) is 4.79 Å². The number of benzene rings is 4. The Hall–Kier alpha value is -4.78. The zero-order valence-corrected chi connectivity index (χ0v) is 19.0. The van der Waals surface area contributed by atoms with Gasteiger partial charge in [0.1, 0.15) is 18.4 Å². The Morgan fingerprint density at radius 3 is 2.31 bits per heavy atom. The van der Waals surface area contributed by atoms with E-state index in [-0.39, 0.29) is 11.5 Å². The summed E-state index contributed by atoms with van der Waals surface area (Å²) < 4.78 is 8.32. The first-order chi connectivity index (χ1) is 17.2. The van der Waals surface area contributed by atoms with Crippen molar-refractivity contribution >= 4 is 21.7 Å². The summed E-state index contributed by atoms with van der Waals surface area (Å²) in [5, 5.41) is 7.06. The van der Waals surface area contributed by atoms with Crippen LogP contribution in [0.15, 0.2) is 102 Å². The number of hydrogen-bond donors (Lipinski definition) is 0. The Bertz CT molecular complexity index is 1720. The van der Waals surface area contributed by atoms with Gasteiger partial charge in [-0.1, -0.05) is 54.6 Å². The molecule has 7 heteroatoms. The molecule has 170 valence electrons. The molecule has 0 spiro atoms. The van der Waals surface area contributed by atoms with Crippen molar-refractivity contribution in [2.24, 2.45) is 0 Å². The molecule has 0 amide bonds. The molecular formula is C28H21N5O2. The number of para-hydroxylation sites is 1. The van der Waals surface area contributed by atoms with Crippen LogP contribution in [-0.2, 0) is 6.42 Å². The topological polar surface area (TPSA) is 74.8 Å². The largest absolute Gasteiger partial charge is 0.497 e. The molecule has 0 aliphatic heterocycles. The van der Waals surface area contributed by atoms with Gasteiger partial charge in [-0.2, -0.15) is 4.98 Å². The van der Waals surface area contributed by atoms with Gasteiger partial charge in [-0.05, 0) is 53.3 Å². The molecule has 0 atom stereocenters. The molecule has 0 saturated carbocycles. The van der Waals surface area contributed by atoms with Crippen molar-refractivity contribution in [3.05, 3.63) is 119 Å². The van der Waals surface area contributed by atoms with Gasteiger partial charge in [0.2, 0.25) is 0 Å². The first kappa shape index (κ1) is 20.8. The molecule has 0 N–H and O–H groups in total. The Morgan fingerprint density at radius 2 is 1.54 bits per heavy atom. The third-order valence-electron chi connectivity index (χ3n) is 6.12. The number of fused-ring (bicyclic) bond motifs is 3. The van der Waals surface area contributed by atoms with Gasteiger partial charge in [0.05, 0.1) is 23.7 Å². The van der Waals surface area contributed by atoms with Crippen LogP contribution >= 0.6 is 0 Å². The lowest BCUT2D eigenvalue weighted by molar-refractivity contribution is 0.414. The number of methoxy groups -OCH3 is 1. The van der Waals surface area contributed by atoms with Crippen molar-refractivity contribution in [1.29, 1.82) is 0 Å². The summed E-state index contributed by atoms with van der Waals surface area (Å²) in [5.74, 6) is 1.09. The minimum Gasteiger partial charge on any atom is -0.497 e. The van der Waals surface area contributed by atoms with Gasteiger partial charge in [-0.15, -0.1) is 5.10 Å². The predicted octanol–water partition coefficient (Wildman–Crippen LogP) is 4.72. The summed E-state index contributed by atoms with van der Waals surface area (Å²) in [6.45, 7) is 0. The molecule has 2 heterocycles. The summed E-state index contributed by atoms with van der Waals surface area (Å²) >= 11 is 0. The molecule has 0 aliphatic carbocycles. The number of ether oxygens (including phenoxy) is 1. The van der Waals surface area contributed by atoms with E-state index in [9.17, 15) is 4.79 Å². The Labute approximate surface area is 200 Å². The Morgan fingerprint density at radius 1 is 0.800 bits per heavy atom. The minimum atomic E-state index is -0.206. The minimum absolute atomic E-state index is 0.206. The summed E-state index contributed by atoms with van der Waals surface area (Å²) in [4.78, 5) is 22.6. The van der Waals surface area contributed by atoms with Crippen molar-refractivity contribution in [1.82, 2.24) is 24.3 Å². The summed E-state index contributed by atoms with van der Waals surface area (Å²) in [6.07, 6.45) is 3.78. The van der Waals surface area contributed by atoms with Crippen LogP contribution in [0, 0.1) is 0 Å². The molecule has 4 aromatic carbocycles. The second-order valence-electron chi connectivity index (χ2n) is 8.25. The predicted molar refractivity (Wildman–Crippen MR) is 136 cm³/mol. The van der Waals surface area contributed by atoms with Crippen LogP contribution in [0.5, 0.6) is 5.75 Å². The first-order valence-electron chi connectivity index (χ1n) is 11.2. The second kappa shape index (κ2) is 8.53. The molecule has 0 saturated heterocycles. The second-order valence-corrected chi connectivity index (χ2v) is 8.25. The van der Waals surface area contributed by atoms with Gasteiger partial charge in [0.25, 0.3) is 11.5 Å². The SMILES string of the molecule is COc1ccc(Cc2cc3c(=O)n(-c4ncn(-c5ccccc5)n4)cnc3c3ccccc23)cc1. The van der Waals surface area contributed by atoms with Gasteiger partial charge < -0.3 is 4.74 Å². The van der Waals surface area contributed by atoms with E-state index in [1.54, 1.807) is 18.1 Å². The zero-order chi connectivity index (χ0) is 23.8. The molecule has 35 heavy (non-hydrogen) atoms. The third-order valence-corrected chi connectivity index (χ3v) is 6.12. The van der Waals surface area contributed by atoms with Crippen molar-refractivity contribution in [3.63, 3.8) is 0 Å². The lowest BCUT2D eigenvalue weighted by atomic mass is 9.96. The standard InChI is InChI=1S/C28H21N5O2/c1-35-22-13-11-19(12-14-22)15-20-16-25-26(24-10-6-5-9-23(20)24)29-17-32(27(25)34)28-30-18-33(31-28)21-7-3-2-4-8-21/h2-14,16-18H,15H2,1H3. The molecule has 6 aromatic rings. The highest BCUT2D eigenvalue weighted by Gasteiger charge is 2.15. The molecule has 7 nitrogen and oxygen atoms in total. The van der Waals surface area contributed by atoms with Crippen molar-refractivity contribution < 1.29 is 4.74 Å². The van der Waals surface area contributed by atoms with Gasteiger partial charge in [0, 0.05) is 5.39 Å². The van der Waals surface area contributed by atoms with Gasteiger partial charge in [0.15, 0.2) is 0 Å². The van der Waals surface area contributed by atoms with Crippen LogP contribution in [0.4, 0.5) is 0 Å². The van der Waals surface area contributed by atoms with Crippen LogP contribution in [0.3, 0.4) is 0 Å². The van der Waals surface area contributed by atoms with E-state index in [2.05, 4.69) is 21.1 Å².